The summed E-state index contributed by atoms with van der Waals surface area (Å²) in [4.78, 5) is 25.1. The number of nitrogens with one attached hydrogen (secondary N) is 1. The van der Waals surface area contributed by atoms with Crippen molar-refractivity contribution >= 4 is 11.8 Å². The first-order chi connectivity index (χ1) is 9.05. The van der Waals surface area contributed by atoms with Gasteiger partial charge in [0.05, 0.1) is 17.9 Å². The fraction of sp³-hybridized carbons (Fsp3) is 0.615. The van der Waals surface area contributed by atoms with E-state index in [1.165, 1.54) is 0 Å². The SMILES string of the molecule is CCc1cc(CN2CC(=O)NC(C)C2=O)n(CC)n1. The van der Waals surface area contributed by atoms with Crippen molar-refractivity contribution < 1.29 is 9.59 Å². The zero-order valence-corrected chi connectivity index (χ0v) is 11.6. The average Bonchev–Trinajstić information content (AvgIpc) is 2.77. The molecule has 2 rings (SSSR count). The van der Waals surface area contributed by atoms with Gasteiger partial charge in [-0.2, -0.15) is 5.10 Å². The lowest BCUT2D eigenvalue weighted by molar-refractivity contribution is -0.144. The van der Waals surface area contributed by atoms with Crippen LogP contribution in [0.5, 0.6) is 0 Å². The Balaban J connectivity index is 2.17. The predicted octanol–water partition coefficient (Wildman–Crippen LogP) is 0.312. The van der Waals surface area contributed by atoms with Crippen LogP contribution >= 0.6 is 0 Å². The normalized spacial score (nSPS) is 19.7. The zero-order chi connectivity index (χ0) is 14.0. The van der Waals surface area contributed by atoms with Crippen molar-refractivity contribution in [3.63, 3.8) is 0 Å². The van der Waals surface area contributed by atoms with Gasteiger partial charge < -0.3 is 10.2 Å². The number of nitrogens with zero attached hydrogens (tertiary/aromatic N) is 3. The molecule has 0 saturated carbocycles. The molecule has 0 radical (unpaired) electrons. The number of carbonyl (C=O) groups excluding carboxylic acids is 2. The maximum Gasteiger partial charge on any atom is 0.245 e. The average molecular weight is 264 g/mol. The van der Waals surface area contributed by atoms with E-state index in [-0.39, 0.29) is 18.4 Å². The van der Waals surface area contributed by atoms with Crippen molar-refractivity contribution in [1.82, 2.24) is 20.0 Å². The van der Waals surface area contributed by atoms with Gasteiger partial charge in [-0.1, -0.05) is 6.92 Å². The van der Waals surface area contributed by atoms with Gasteiger partial charge in [0.1, 0.15) is 12.6 Å². The minimum Gasteiger partial charge on any atom is -0.343 e. The van der Waals surface area contributed by atoms with E-state index in [2.05, 4.69) is 10.4 Å². The lowest BCUT2D eigenvalue weighted by Gasteiger charge is -2.30. The van der Waals surface area contributed by atoms with Crippen LogP contribution in [-0.2, 0) is 29.1 Å². The maximum absolute atomic E-state index is 12.0. The van der Waals surface area contributed by atoms with Crippen molar-refractivity contribution in [2.75, 3.05) is 6.54 Å². The number of carbonyl (C=O) groups is 2. The molecule has 1 aromatic heterocycles. The van der Waals surface area contributed by atoms with E-state index in [1.807, 2.05) is 24.6 Å². The third-order valence-corrected chi connectivity index (χ3v) is 3.32. The minimum atomic E-state index is -0.440. The highest BCUT2D eigenvalue weighted by molar-refractivity contribution is 5.94. The van der Waals surface area contributed by atoms with Crippen LogP contribution in [0.4, 0.5) is 0 Å². The second kappa shape index (κ2) is 5.42. The zero-order valence-electron chi connectivity index (χ0n) is 11.6. The maximum atomic E-state index is 12.0. The van der Waals surface area contributed by atoms with Crippen LogP contribution in [0.2, 0.25) is 0 Å². The molecule has 1 N–H and O–H groups in total. The topological polar surface area (TPSA) is 67.2 Å². The molecule has 1 atom stereocenters. The number of hydrogen-bond donors (Lipinski definition) is 1. The smallest absolute Gasteiger partial charge is 0.245 e. The largest absolute Gasteiger partial charge is 0.343 e. The Bertz CT molecular complexity index is 495. The van der Waals surface area contributed by atoms with E-state index in [4.69, 9.17) is 0 Å². The first-order valence-electron chi connectivity index (χ1n) is 6.68. The van der Waals surface area contributed by atoms with Gasteiger partial charge >= 0.3 is 0 Å². The predicted molar refractivity (Wildman–Crippen MR) is 70.3 cm³/mol. The number of piperazine rings is 1. The van der Waals surface area contributed by atoms with Gasteiger partial charge in [0.25, 0.3) is 0 Å². The first kappa shape index (κ1) is 13.6. The summed E-state index contributed by atoms with van der Waals surface area (Å²) in [6.45, 7) is 7.11. The van der Waals surface area contributed by atoms with Crippen molar-refractivity contribution in [2.24, 2.45) is 0 Å². The molecule has 6 heteroatoms. The second-order valence-electron chi connectivity index (χ2n) is 4.78. The third kappa shape index (κ3) is 2.77. The first-order valence-corrected chi connectivity index (χ1v) is 6.68. The Hall–Kier alpha value is -1.85. The lowest BCUT2D eigenvalue weighted by atomic mass is 10.2. The fourth-order valence-electron chi connectivity index (χ4n) is 2.29. The minimum absolute atomic E-state index is 0.0403. The lowest BCUT2D eigenvalue weighted by Crippen LogP contribution is -2.56. The molecule has 1 aliphatic heterocycles. The summed E-state index contributed by atoms with van der Waals surface area (Å²) in [7, 11) is 0. The molecule has 0 aliphatic carbocycles. The van der Waals surface area contributed by atoms with Crippen LogP contribution in [0.1, 0.15) is 32.2 Å². The molecular weight excluding hydrogens is 244 g/mol. The molecule has 1 unspecified atom stereocenters. The molecule has 0 bridgehead atoms. The van der Waals surface area contributed by atoms with Crippen molar-refractivity contribution in [1.29, 1.82) is 0 Å². The van der Waals surface area contributed by atoms with E-state index in [0.717, 1.165) is 24.4 Å². The second-order valence-corrected chi connectivity index (χ2v) is 4.78. The summed E-state index contributed by atoms with van der Waals surface area (Å²) in [5, 5.41) is 7.09. The third-order valence-electron chi connectivity index (χ3n) is 3.32. The van der Waals surface area contributed by atoms with Gasteiger partial charge in [-0.05, 0) is 26.3 Å². The molecule has 2 heterocycles. The Labute approximate surface area is 112 Å². The van der Waals surface area contributed by atoms with Crippen molar-refractivity contribution in [3.05, 3.63) is 17.5 Å². The number of rotatable bonds is 4. The molecule has 104 valence electrons. The summed E-state index contributed by atoms with van der Waals surface area (Å²) < 4.78 is 1.89. The summed E-state index contributed by atoms with van der Waals surface area (Å²) in [6, 6.07) is 1.57. The summed E-state index contributed by atoms with van der Waals surface area (Å²) >= 11 is 0. The van der Waals surface area contributed by atoms with Gasteiger partial charge in [0.2, 0.25) is 11.8 Å². The Morgan fingerprint density at radius 2 is 2.16 bits per heavy atom. The van der Waals surface area contributed by atoms with Crippen LogP contribution in [-0.4, -0.2) is 39.1 Å². The highest BCUT2D eigenvalue weighted by Crippen LogP contribution is 2.12. The summed E-state index contributed by atoms with van der Waals surface area (Å²) in [5.74, 6) is -0.146. The van der Waals surface area contributed by atoms with E-state index < -0.39 is 6.04 Å². The highest BCUT2D eigenvalue weighted by atomic mass is 16.2. The molecule has 2 amide bonds. The monoisotopic (exact) mass is 264 g/mol. The van der Waals surface area contributed by atoms with Crippen LogP contribution in [0.3, 0.4) is 0 Å². The Morgan fingerprint density at radius 3 is 2.79 bits per heavy atom. The van der Waals surface area contributed by atoms with E-state index in [9.17, 15) is 9.59 Å². The molecule has 19 heavy (non-hydrogen) atoms. The quantitative estimate of drug-likeness (QED) is 0.851. The highest BCUT2D eigenvalue weighted by Gasteiger charge is 2.30. The van der Waals surface area contributed by atoms with Crippen LogP contribution in [0.15, 0.2) is 6.07 Å². The Morgan fingerprint density at radius 1 is 1.42 bits per heavy atom. The van der Waals surface area contributed by atoms with Gasteiger partial charge in [0, 0.05) is 6.54 Å². The molecule has 1 fully saturated rings. The molecule has 1 saturated heterocycles. The number of amides is 2. The molecule has 1 aromatic rings. The summed E-state index contributed by atoms with van der Waals surface area (Å²) in [5.41, 5.74) is 1.99. The number of aryl methyl sites for hydroxylation is 2. The Kier molecular flexibility index (Phi) is 3.87. The molecule has 1 aliphatic rings. The van der Waals surface area contributed by atoms with Gasteiger partial charge in [-0.15, -0.1) is 0 Å². The van der Waals surface area contributed by atoms with E-state index in [1.54, 1.807) is 11.8 Å². The fourth-order valence-corrected chi connectivity index (χ4v) is 2.29. The van der Waals surface area contributed by atoms with Gasteiger partial charge in [-0.25, -0.2) is 0 Å². The van der Waals surface area contributed by atoms with Crippen LogP contribution < -0.4 is 5.32 Å². The summed E-state index contributed by atoms with van der Waals surface area (Å²) in [6.07, 6.45) is 0.866. The number of aromatic nitrogens is 2. The van der Waals surface area contributed by atoms with Crippen molar-refractivity contribution in [2.45, 2.75) is 46.3 Å². The standard InChI is InChI=1S/C13H20N4O2/c1-4-10-6-11(17(5-2)15-10)7-16-8-12(18)14-9(3)13(16)19/h6,9H,4-5,7-8H2,1-3H3,(H,14,18). The van der Waals surface area contributed by atoms with E-state index >= 15 is 0 Å². The van der Waals surface area contributed by atoms with Crippen LogP contribution in [0, 0.1) is 0 Å². The van der Waals surface area contributed by atoms with Gasteiger partial charge in [0.15, 0.2) is 0 Å². The molecular formula is C13H20N4O2. The van der Waals surface area contributed by atoms with E-state index in [0.29, 0.717) is 6.54 Å². The molecule has 6 nitrogen and oxygen atoms in total. The van der Waals surface area contributed by atoms with Gasteiger partial charge in [-0.3, -0.25) is 14.3 Å². The number of hydrogen-bond acceptors (Lipinski definition) is 3. The van der Waals surface area contributed by atoms with Crippen molar-refractivity contribution in [3.8, 4) is 0 Å². The molecule has 0 spiro atoms. The van der Waals surface area contributed by atoms with Crippen LogP contribution in [0.25, 0.3) is 0 Å². The molecule has 0 aromatic carbocycles.